The molecule has 2 N–H and O–H groups in total. The van der Waals surface area contributed by atoms with E-state index < -0.39 is 5.97 Å². The minimum Gasteiger partial charge on any atom is -0.465 e. The predicted octanol–water partition coefficient (Wildman–Crippen LogP) is 3.53. The van der Waals surface area contributed by atoms with Crippen molar-refractivity contribution in [3.8, 4) is 0 Å². The van der Waals surface area contributed by atoms with Crippen LogP contribution in [0.15, 0.2) is 48.5 Å². The fourth-order valence-corrected chi connectivity index (χ4v) is 3.35. The molecular formula is C22H24N2O4. The van der Waals surface area contributed by atoms with E-state index >= 15 is 0 Å². The predicted molar refractivity (Wildman–Crippen MR) is 106 cm³/mol. The maximum Gasteiger partial charge on any atom is 0.337 e. The Morgan fingerprint density at radius 2 is 1.68 bits per heavy atom. The molecule has 6 nitrogen and oxygen atoms in total. The van der Waals surface area contributed by atoms with Gasteiger partial charge in [-0.15, -0.1) is 0 Å². The molecule has 0 aliphatic heterocycles. The molecule has 146 valence electrons. The monoisotopic (exact) mass is 380 g/mol. The molecule has 28 heavy (non-hydrogen) atoms. The van der Waals surface area contributed by atoms with Crippen LogP contribution in [0.4, 0.5) is 5.69 Å². The van der Waals surface area contributed by atoms with Crippen molar-refractivity contribution in [2.45, 2.75) is 32.2 Å². The number of amides is 2. The number of nitrogens with one attached hydrogen (secondary N) is 2. The van der Waals surface area contributed by atoms with Gasteiger partial charge >= 0.3 is 5.97 Å². The summed E-state index contributed by atoms with van der Waals surface area (Å²) in [5.41, 5.74) is 2.48. The van der Waals surface area contributed by atoms with E-state index in [1.807, 2.05) is 24.3 Å². The fourth-order valence-electron chi connectivity index (χ4n) is 3.35. The van der Waals surface area contributed by atoms with Gasteiger partial charge in [-0.3, -0.25) is 9.59 Å². The Hall–Kier alpha value is -3.15. The minimum absolute atomic E-state index is 0.0735. The van der Waals surface area contributed by atoms with E-state index in [0.29, 0.717) is 17.7 Å². The van der Waals surface area contributed by atoms with Crippen molar-refractivity contribution in [3.05, 3.63) is 65.2 Å². The maximum atomic E-state index is 12.3. The zero-order valence-electron chi connectivity index (χ0n) is 15.9. The van der Waals surface area contributed by atoms with Crippen molar-refractivity contribution >= 4 is 23.5 Å². The van der Waals surface area contributed by atoms with Gasteiger partial charge in [0.1, 0.15) is 0 Å². The van der Waals surface area contributed by atoms with Gasteiger partial charge in [0.25, 0.3) is 5.91 Å². The van der Waals surface area contributed by atoms with E-state index in [1.54, 1.807) is 24.3 Å². The molecule has 0 heterocycles. The number of hydrogen-bond donors (Lipinski definition) is 2. The van der Waals surface area contributed by atoms with Crippen molar-refractivity contribution in [3.63, 3.8) is 0 Å². The first-order chi connectivity index (χ1) is 13.6. The molecule has 0 bridgehead atoms. The summed E-state index contributed by atoms with van der Waals surface area (Å²) < 4.78 is 4.64. The van der Waals surface area contributed by atoms with Gasteiger partial charge in [-0.2, -0.15) is 0 Å². The first-order valence-electron chi connectivity index (χ1n) is 9.43. The molecule has 3 rings (SSSR count). The van der Waals surface area contributed by atoms with Crippen molar-refractivity contribution in [1.29, 1.82) is 0 Å². The Kier molecular flexibility index (Phi) is 6.42. The van der Waals surface area contributed by atoms with E-state index in [2.05, 4.69) is 15.4 Å². The molecule has 0 aromatic heterocycles. The number of rotatable bonds is 6. The number of methoxy groups -OCH3 is 1. The summed E-state index contributed by atoms with van der Waals surface area (Å²) in [6, 6.07) is 13.7. The van der Waals surface area contributed by atoms with E-state index in [-0.39, 0.29) is 17.7 Å². The molecule has 0 atom stereocenters. The number of carbonyl (C=O) groups excluding carboxylic acids is 3. The number of benzene rings is 2. The zero-order chi connectivity index (χ0) is 19.9. The summed E-state index contributed by atoms with van der Waals surface area (Å²) in [5, 5.41) is 5.82. The lowest BCUT2D eigenvalue weighted by atomic mass is 10.1. The standard InChI is InChI=1S/C22H24N2O4/c1-28-22(27)18-11-9-17(10-12-18)20(25)23-14-15-5-4-8-19(13-15)24-21(26)16-6-2-3-7-16/h4-5,8-13,16H,2-3,6-7,14H2,1H3,(H,23,25)(H,24,26). The van der Waals surface area contributed by atoms with Gasteiger partial charge in [0, 0.05) is 23.7 Å². The lowest BCUT2D eigenvalue weighted by molar-refractivity contribution is -0.119. The molecule has 0 spiro atoms. The van der Waals surface area contributed by atoms with Crippen LogP contribution < -0.4 is 10.6 Å². The number of hydrogen-bond acceptors (Lipinski definition) is 4. The largest absolute Gasteiger partial charge is 0.465 e. The fraction of sp³-hybridized carbons (Fsp3) is 0.318. The van der Waals surface area contributed by atoms with Crippen LogP contribution in [0.5, 0.6) is 0 Å². The Morgan fingerprint density at radius 3 is 2.36 bits per heavy atom. The third-order valence-corrected chi connectivity index (χ3v) is 4.94. The smallest absolute Gasteiger partial charge is 0.337 e. The van der Waals surface area contributed by atoms with Crippen LogP contribution in [0.25, 0.3) is 0 Å². The number of ether oxygens (including phenoxy) is 1. The van der Waals surface area contributed by atoms with Gasteiger partial charge in [0.2, 0.25) is 5.91 Å². The van der Waals surface area contributed by atoms with Crippen molar-refractivity contribution < 1.29 is 19.1 Å². The topological polar surface area (TPSA) is 84.5 Å². The average molecular weight is 380 g/mol. The molecule has 0 radical (unpaired) electrons. The van der Waals surface area contributed by atoms with Crippen molar-refractivity contribution in [2.24, 2.45) is 5.92 Å². The quantitative estimate of drug-likeness (QED) is 0.751. The summed E-state index contributed by atoms with van der Waals surface area (Å²) in [6.07, 6.45) is 4.14. The second-order valence-corrected chi connectivity index (χ2v) is 6.92. The number of anilines is 1. The second-order valence-electron chi connectivity index (χ2n) is 6.92. The van der Waals surface area contributed by atoms with E-state index in [4.69, 9.17) is 0 Å². The Morgan fingerprint density at radius 1 is 1.00 bits per heavy atom. The van der Waals surface area contributed by atoms with E-state index in [9.17, 15) is 14.4 Å². The Labute approximate surface area is 164 Å². The van der Waals surface area contributed by atoms with Gasteiger partial charge in [0.15, 0.2) is 0 Å². The summed E-state index contributed by atoms with van der Waals surface area (Å²) in [7, 11) is 1.31. The molecule has 2 aromatic rings. The molecule has 2 aromatic carbocycles. The summed E-state index contributed by atoms with van der Waals surface area (Å²) in [4.78, 5) is 36.0. The minimum atomic E-state index is -0.441. The lowest BCUT2D eigenvalue weighted by Crippen LogP contribution is -2.23. The second kappa shape index (κ2) is 9.17. The number of carbonyl (C=O) groups is 3. The third-order valence-electron chi connectivity index (χ3n) is 4.94. The third kappa shape index (κ3) is 4.97. The van der Waals surface area contributed by atoms with Gasteiger partial charge in [-0.05, 0) is 54.8 Å². The number of esters is 1. The van der Waals surface area contributed by atoms with Gasteiger partial charge in [0.05, 0.1) is 12.7 Å². The van der Waals surface area contributed by atoms with Crippen molar-refractivity contribution in [1.82, 2.24) is 5.32 Å². The van der Waals surface area contributed by atoms with Gasteiger partial charge in [-0.1, -0.05) is 25.0 Å². The Balaban J connectivity index is 1.56. The Bertz CT molecular complexity index is 855. The van der Waals surface area contributed by atoms with Crippen LogP contribution in [0.2, 0.25) is 0 Å². The van der Waals surface area contributed by atoms with Gasteiger partial charge in [-0.25, -0.2) is 4.79 Å². The van der Waals surface area contributed by atoms with Crippen LogP contribution in [0.1, 0.15) is 52.0 Å². The highest BCUT2D eigenvalue weighted by molar-refractivity contribution is 5.96. The average Bonchev–Trinajstić information content (AvgIpc) is 3.27. The first-order valence-corrected chi connectivity index (χ1v) is 9.43. The molecule has 6 heteroatoms. The van der Waals surface area contributed by atoms with Crippen LogP contribution in [-0.4, -0.2) is 24.9 Å². The maximum absolute atomic E-state index is 12.3. The highest BCUT2D eigenvalue weighted by Crippen LogP contribution is 2.26. The highest BCUT2D eigenvalue weighted by Gasteiger charge is 2.22. The molecule has 0 unspecified atom stereocenters. The molecule has 1 aliphatic rings. The molecule has 1 fully saturated rings. The molecule has 1 aliphatic carbocycles. The van der Waals surface area contributed by atoms with Crippen molar-refractivity contribution in [2.75, 3.05) is 12.4 Å². The summed E-state index contributed by atoms with van der Waals surface area (Å²) in [5.74, 6) is -0.499. The van der Waals surface area contributed by atoms with Crippen LogP contribution in [0, 0.1) is 5.92 Å². The molecule has 0 saturated heterocycles. The molecule has 2 amide bonds. The van der Waals surface area contributed by atoms with Crippen LogP contribution in [-0.2, 0) is 16.1 Å². The summed E-state index contributed by atoms with van der Waals surface area (Å²) in [6.45, 7) is 0.338. The molecule has 1 saturated carbocycles. The van der Waals surface area contributed by atoms with E-state index in [1.165, 1.54) is 7.11 Å². The molecular weight excluding hydrogens is 356 g/mol. The van der Waals surface area contributed by atoms with E-state index in [0.717, 1.165) is 36.9 Å². The SMILES string of the molecule is COC(=O)c1ccc(C(=O)NCc2cccc(NC(=O)C3CCCC3)c2)cc1. The van der Waals surface area contributed by atoms with Gasteiger partial charge < -0.3 is 15.4 Å². The summed E-state index contributed by atoms with van der Waals surface area (Å²) >= 11 is 0. The highest BCUT2D eigenvalue weighted by atomic mass is 16.5. The van der Waals surface area contributed by atoms with Crippen LogP contribution in [0.3, 0.4) is 0 Å². The lowest BCUT2D eigenvalue weighted by Gasteiger charge is -2.12. The zero-order valence-corrected chi connectivity index (χ0v) is 15.9. The first kappa shape index (κ1) is 19.6. The van der Waals surface area contributed by atoms with Crippen LogP contribution >= 0.6 is 0 Å². The normalized spacial score (nSPS) is 13.8.